The highest BCUT2D eigenvalue weighted by Gasteiger charge is 2.35. The summed E-state index contributed by atoms with van der Waals surface area (Å²) >= 11 is 3.08. The molecule has 1 atom stereocenters. The second kappa shape index (κ2) is 6.14. The molecule has 1 amide bonds. The SMILES string of the molecule is N#CCC(=O)[C@@H]1CCCN(c2cccc(Br)c2F)C1=O. The molecule has 0 saturated carbocycles. The molecule has 0 unspecified atom stereocenters. The number of hydrogen-bond donors (Lipinski definition) is 0. The number of halogens is 2. The third kappa shape index (κ3) is 2.73. The van der Waals surface area contributed by atoms with E-state index in [0.717, 1.165) is 0 Å². The van der Waals surface area contributed by atoms with Crippen LogP contribution in [0.3, 0.4) is 0 Å². The van der Waals surface area contributed by atoms with Gasteiger partial charge in [-0.15, -0.1) is 0 Å². The Labute approximate surface area is 124 Å². The molecule has 104 valence electrons. The lowest BCUT2D eigenvalue weighted by Gasteiger charge is -2.31. The Morgan fingerprint density at radius 3 is 3.00 bits per heavy atom. The zero-order chi connectivity index (χ0) is 14.7. The summed E-state index contributed by atoms with van der Waals surface area (Å²) < 4.78 is 14.3. The number of hydrogen-bond acceptors (Lipinski definition) is 3. The van der Waals surface area contributed by atoms with E-state index in [1.165, 1.54) is 11.0 Å². The van der Waals surface area contributed by atoms with Gasteiger partial charge in [-0.2, -0.15) is 5.26 Å². The number of carbonyl (C=O) groups is 2. The van der Waals surface area contributed by atoms with Gasteiger partial charge < -0.3 is 4.90 Å². The first kappa shape index (κ1) is 14.7. The fourth-order valence-electron chi connectivity index (χ4n) is 2.32. The number of amides is 1. The zero-order valence-corrected chi connectivity index (χ0v) is 12.2. The van der Waals surface area contributed by atoms with Crippen LogP contribution in [0.25, 0.3) is 0 Å². The van der Waals surface area contributed by atoms with Gasteiger partial charge in [-0.3, -0.25) is 9.59 Å². The van der Waals surface area contributed by atoms with Gasteiger partial charge in [-0.1, -0.05) is 6.07 Å². The maximum absolute atomic E-state index is 14.1. The molecule has 6 heteroatoms. The van der Waals surface area contributed by atoms with Crippen molar-refractivity contribution in [2.75, 3.05) is 11.4 Å². The second-order valence-corrected chi connectivity index (χ2v) is 5.41. The van der Waals surface area contributed by atoms with Crippen LogP contribution in [-0.2, 0) is 9.59 Å². The van der Waals surface area contributed by atoms with Crippen molar-refractivity contribution in [2.24, 2.45) is 5.92 Å². The highest BCUT2D eigenvalue weighted by Crippen LogP contribution is 2.30. The first-order valence-corrected chi connectivity index (χ1v) is 7.00. The van der Waals surface area contributed by atoms with Crippen LogP contribution in [0.1, 0.15) is 19.3 Å². The van der Waals surface area contributed by atoms with Crippen LogP contribution < -0.4 is 4.90 Å². The summed E-state index contributed by atoms with van der Waals surface area (Å²) in [6.07, 6.45) is 0.746. The maximum atomic E-state index is 14.1. The molecule has 1 heterocycles. The van der Waals surface area contributed by atoms with Crippen molar-refractivity contribution >= 4 is 33.3 Å². The number of carbonyl (C=O) groups excluding carboxylic acids is 2. The molecule has 1 aromatic rings. The van der Waals surface area contributed by atoms with E-state index in [-0.39, 0.29) is 16.6 Å². The topological polar surface area (TPSA) is 61.2 Å². The second-order valence-electron chi connectivity index (χ2n) is 4.56. The Balaban J connectivity index is 2.29. The van der Waals surface area contributed by atoms with Crippen molar-refractivity contribution < 1.29 is 14.0 Å². The Morgan fingerprint density at radius 2 is 2.30 bits per heavy atom. The van der Waals surface area contributed by atoms with Crippen molar-refractivity contribution in [1.29, 1.82) is 5.26 Å². The molecule has 1 aliphatic rings. The summed E-state index contributed by atoms with van der Waals surface area (Å²) in [6, 6.07) is 6.45. The molecule has 0 radical (unpaired) electrons. The minimum atomic E-state index is -0.832. The van der Waals surface area contributed by atoms with E-state index >= 15 is 0 Å². The smallest absolute Gasteiger partial charge is 0.237 e. The van der Waals surface area contributed by atoms with Gasteiger partial charge in [0.2, 0.25) is 5.91 Å². The first-order chi connectivity index (χ1) is 9.56. The number of benzene rings is 1. The third-order valence-electron chi connectivity index (χ3n) is 3.30. The van der Waals surface area contributed by atoms with Gasteiger partial charge in [0.15, 0.2) is 11.6 Å². The quantitative estimate of drug-likeness (QED) is 0.796. The normalized spacial score (nSPS) is 18.8. The molecule has 1 aliphatic heterocycles. The van der Waals surface area contributed by atoms with Crippen molar-refractivity contribution in [3.63, 3.8) is 0 Å². The van der Waals surface area contributed by atoms with E-state index in [1.807, 2.05) is 0 Å². The Kier molecular flexibility index (Phi) is 4.50. The first-order valence-electron chi connectivity index (χ1n) is 6.21. The number of piperidine rings is 1. The molecule has 0 bridgehead atoms. The fourth-order valence-corrected chi connectivity index (χ4v) is 2.67. The monoisotopic (exact) mass is 338 g/mol. The lowest BCUT2D eigenvalue weighted by atomic mass is 9.91. The van der Waals surface area contributed by atoms with E-state index in [0.29, 0.717) is 19.4 Å². The minimum absolute atomic E-state index is 0.166. The number of nitriles is 1. The summed E-state index contributed by atoms with van der Waals surface area (Å²) in [5.41, 5.74) is 0.166. The van der Waals surface area contributed by atoms with Crippen molar-refractivity contribution in [3.05, 3.63) is 28.5 Å². The molecule has 2 rings (SSSR count). The number of anilines is 1. The minimum Gasteiger partial charge on any atom is -0.309 e. The van der Waals surface area contributed by atoms with Crippen LogP contribution in [0, 0.1) is 23.1 Å². The number of rotatable bonds is 3. The predicted octanol–water partition coefficient (Wildman–Crippen LogP) is 2.81. The molecule has 4 nitrogen and oxygen atoms in total. The van der Waals surface area contributed by atoms with Crippen LogP contribution >= 0.6 is 15.9 Å². The lowest BCUT2D eigenvalue weighted by Crippen LogP contribution is -2.44. The van der Waals surface area contributed by atoms with Crippen LogP contribution in [0.5, 0.6) is 0 Å². The number of Topliss-reactive ketones (excluding diaryl/α,β-unsaturated/α-hetero) is 1. The standard InChI is InChI=1S/C14H12BrFN2O2/c15-10-4-1-5-11(13(10)16)18-8-2-3-9(14(18)20)12(19)6-7-17/h1,4-5,9H,2-3,6,8H2/t9-/m0/s1. The van der Waals surface area contributed by atoms with E-state index < -0.39 is 23.4 Å². The van der Waals surface area contributed by atoms with Crippen LogP contribution in [0.4, 0.5) is 10.1 Å². The fraction of sp³-hybridized carbons (Fsp3) is 0.357. The van der Waals surface area contributed by atoms with Gasteiger partial charge >= 0.3 is 0 Å². The Morgan fingerprint density at radius 1 is 1.55 bits per heavy atom. The molecule has 1 saturated heterocycles. The molecule has 0 N–H and O–H groups in total. The molecule has 1 aromatic carbocycles. The molecule has 20 heavy (non-hydrogen) atoms. The van der Waals surface area contributed by atoms with Crippen LogP contribution in [0.2, 0.25) is 0 Å². The van der Waals surface area contributed by atoms with Crippen molar-refractivity contribution in [2.45, 2.75) is 19.3 Å². The summed E-state index contributed by atoms with van der Waals surface area (Å²) in [5, 5.41) is 8.56. The van der Waals surface area contributed by atoms with E-state index in [1.54, 1.807) is 18.2 Å². The molecule has 0 aromatic heterocycles. The van der Waals surface area contributed by atoms with Crippen molar-refractivity contribution in [3.8, 4) is 6.07 Å². The molecular weight excluding hydrogens is 327 g/mol. The van der Waals surface area contributed by atoms with Crippen LogP contribution in [-0.4, -0.2) is 18.2 Å². The predicted molar refractivity (Wildman–Crippen MR) is 74.4 cm³/mol. The molecule has 1 fully saturated rings. The maximum Gasteiger partial charge on any atom is 0.237 e. The highest BCUT2D eigenvalue weighted by atomic mass is 79.9. The van der Waals surface area contributed by atoms with Gasteiger partial charge in [0, 0.05) is 6.54 Å². The van der Waals surface area contributed by atoms with E-state index in [4.69, 9.17) is 5.26 Å². The van der Waals surface area contributed by atoms with E-state index in [9.17, 15) is 14.0 Å². The molecular formula is C14H12BrFN2O2. The summed E-state index contributed by atoms with van der Waals surface area (Å²) in [6.45, 7) is 0.378. The number of ketones is 1. The summed E-state index contributed by atoms with van der Waals surface area (Å²) in [5.74, 6) is -2.16. The molecule has 0 spiro atoms. The van der Waals surface area contributed by atoms with Gasteiger partial charge in [-0.05, 0) is 40.9 Å². The lowest BCUT2D eigenvalue weighted by molar-refractivity contribution is -0.133. The average Bonchev–Trinajstić information content (AvgIpc) is 2.43. The molecule has 0 aliphatic carbocycles. The third-order valence-corrected chi connectivity index (χ3v) is 3.92. The Hall–Kier alpha value is -1.74. The zero-order valence-electron chi connectivity index (χ0n) is 10.6. The summed E-state index contributed by atoms with van der Waals surface area (Å²) in [7, 11) is 0. The van der Waals surface area contributed by atoms with Gasteiger partial charge in [0.1, 0.15) is 0 Å². The van der Waals surface area contributed by atoms with Gasteiger partial charge in [0.25, 0.3) is 0 Å². The van der Waals surface area contributed by atoms with Gasteiger partial charge in [-0.25, -0.2) is 4.39 Å². The van der Waals surface area contributed by atoms with Gasteiger partial charge in [0.05, 0.1) is 28.6 Å². The Bertz CT molecular complexity index is 597. The average molecular weight is 339 g/mol. The largest absolute Gasteiger partial charge is 0.309 e. The van der Waals surface area contributed by atoms with Crippen LogP contribution in [0.15, 0.2) is 22.7 Å². The number of nitrogens with zero attached hydrogens (tertiary/aromatic N) is 2. The van der Waals surface area contributed by atoms with E-state index in [2.05, 4.69) is 15.9 Å². The summed E-state index contributed by atoms with van der Waals surface area (Å²) in [4.78, 5) is 25.4. The van der Waals surface area contributed by atoms with Crippen molar-refractivity contribution in [1.82, 2.24) is 0 Å². The highest BCUT2D eigenvalue weighted by molar-refractivity contribution is 9.10.